The first-order valence-corrected chi connectivity index (χ1v) is 9.31. The van der Waals surface area contributed by atoms with Crippen molar-refractivity contribution >= 4 is 17.7 Å². The van der Waals surface area contributed by atoms with E-state index in [1.54, 1.807) is 31.3 Å². The van der Waals surface area contributed by atoms with Gasteiger partial charge in [-0.25, -0.2) is 0 Å². The van der Waals surface area contributed by atoms with Crippen LogP contribution in [0.15, 0.2) is 24.3 Å². The van der Waals surface area contributed by atoms with Crippen LogP contribution in [0.3, 0.4) is 0 Å². The third-order valence-electron chi connectivity index (χ3n) is 4.69. The molecule has 1 N–H and O–H groups in total. The van der Waals surface area contributed by atoms with Crippen molar-refractivity contribution in [1.29, 1.82) is 0 Å². The van der Waals surface area contributed by atoms with Gasteiger partial charge >= 0.3 is 0 Å². The van der Waals surface area contributed by atoms with E-state index in [1.807, 2.05) is 0 Å². The minimum atomic E-state index is -0.156. The van der Waals surface area contributed by atoms with Crippen LogP contribution in [0.2, 0.25) is 0 Å². The molecule has 0 saturated heterocycles. The third kappa shape index (κ3) is 5.41. The molecule has 0 spiro atoms. The van der Waals surface area contributed by atoms with Gasteiger partial charge in [0.1, 0.15) is 0 Å². The normalized spacial score (nSPS) is 13.2. The molecule has 0 bridgehead atoms. The summed E-state index contributed by atoms with van der Waals surface area (Å²) in [7, 11) is 1.67. The molecular formula is C20H28N2O3. The minimum absolute atomic E-state index is 0.119. The van der Waals surface area contributed by atoms with Gasteiger partial charge in [0.15, 0.2) is 0 Å². The first-order valence-electron chi connectivity index (χ1n) is 9.31. The van der Waals surface area contributed by atoms with E-state index in [4.69, 9.17) is 0 Å². The average Bonchev–Trinajstić information content (AvgIpc) is 2.88. The molecule has 0 unspecified atom stereocenters. The summed E-state index contributed by atoms with van der Waals surface area (Å²) < 4.78 is 0. The number of imide groups is 1. The first kappa shape index (κ1) is 19.2. The summed E-state index contributed by atoms with van der Waals surface area (Å²) in [5, 5.41) is 2.63. The highest BCUT2D eigenvalue weighted by Crippen LogP contribution is 2.22. The molecule has 1 heterocycles. The lowest BCUT2D eigenvalue weighted by Crippen LogP contribution is -2.30. The fourth-order valence-corrected chi connectivity index (χ4v) is 3.18. The van der Waals surface area contributed by atoms with Crippen molar-refractivity contribution in [3.05, 3.63) is 35.4 Å². The molecule has 25 heavy (non-hydrogen) atoms. The number of hydrogen-bond donors (Lipinski definition) is 1. The number of carbonyl (C=O) groups excluding carboxylic acids is 3. The lowest BCUT2D eigenvalue weighted by atomic mass is 10.1. The largest absolute Gasteiger partial charge is 0.359 e. The maximum absolute atomic E-state index is 12.2. The Morgan fingerprint density at radius 3 is 1.84 bits per heavy atom. The Kier molecular flexibility index (Phi) is 7.64. The number of fused-ring (bicyclic) bond motifs is 1. The predicted molar refractivity (Wildman–Crippen MR) is 97.4 cm³/mol. The van der Waals surface area contributed by atoms with Crippen LogP contribution in [0.25, 0.3) is 0 Å². The SMILES string of the molecule is CNC(=O)CCCCCCCCCCN1C(=O)c2ccccc2C1=O. The summed E-state index contributed by atoms with van der Waals surface area (Å²) in [5.41, 5.74) is 1.06. The van der Waals surface area contributed by atoms with Crippen LogP contribution < -0.4 is 5.32 Å². The van der Waals surface area contributed by atoms with Crippen LogP contribution in [-0.2, 0) is 4.79 Å². The number of amides is 3. The number of nitrogens with one attached hydrogen (secondary N) is 1. The first-order chi connectivity index (χ1) is 12.1. The Labute approximate surface area is 149 Å². The van der Waals surface area contributed by atoms with Crippen molar-refractivity contribution in [2.45, 2.75) is 57.8 Å². The van der Waals surface area contributed by atoms with Crippen molar-refractivity contribution in [2.75, 3.05) is 13.6 Å². The molecule has 1 aromatic rings. The van der Waals surface area contributed by atoms with E-state index in [9.17, 15) is 14.4 Å². The summed E-state index contributed by atoms with van der Waals surface area (Å²) in [6.07, 6.45) is 9.21. The lowest BCUT2D eigenvalue weighted by Gasteiger charge is -2.13. The van der Waals surface area contributed by atoms with Gasteiger partial charge in [-0.2, -0.15) is 0 Å². The quantitative estimate of drug-likeness (QED) is 0.493. The molecule has 0 fully saturated rings. The molecule has 136 valence electrons. The summed E-state index contributed by atoms with van der Waals surface area (Å²) in [5.74, 6) is -0.193. The molecule has 0 aliphatic carbocycles. The number of nitrogens with zero attached hydrogens (tertiary/aromatic N) is 1. The zero-order valence-electron chi connectivity index (χ0n) is 15.1. The Morgan fingerprint density at radius 2 is 1.32 bits per heavy atom. The number of unbranched alkanes of at least 4 members (excludes halogenated alkanes) is 7. The molecule has 0 radical (unpaired) electrons. The zero-order valence-corrected chi connectivity index (χ0v) is 15.1. The highest BCUT2D eigenvalue weighted by atomic mass is 16.2. The number of hydrogen-bond acceptors (Lipinski definition) is 3. The van der Waals surface area contributed by atoms with E-state index in [-0.39, 0.29) is 17.7 Å². The molecule has 1 aromatic carbocycles. The predicted octanol–water partition coefficient (Wildman–Crippen LogP) is 3.54. The maximum Gasteiger partial charge on any atom is 0.261 e. The van der Waals surface area contributed by atoms with Gasteiger partial charge in [-0.15, -0.1) is 0 Å². The van der Waals surface area contributed by atoms with Gasteiger partial charge in [-0.05, 0) is 25.0 Å². The summed E-state index contributed by atoms with van der Waals surface area (Å²) in [6.45, 7) is 0.512. The second kappa shape index (κ2) is 9.97. The number of rotatable bonds is 11. The van der Waals surface area contributed by atoms with E-state index >= 15 is 0 Å². The summed E-state index contributed by atoms with van der Waals surface area (Å²) in [4.78, 5) is 36.9. The van der Waals surface area contributed by atoms with Crippen LogP contribution in [0, 0.1) is 0 Å². The molecule has 0 saturated carbocycles. The van der Waals surface area contributed by atoms with E-state index in [0.717, 1.165) is 38.5 Å². The van der Waals surface area contributed by atoms with Gasteiger partial charge in [0.05, 0.1) is 11.1 Å². The molecule has 0 aromatic heterocycles. The van der Waals surface area contributed by atoms with E-state index in [0.29, 0.717) is 24.1 Å². The van der Waals surface area contributed by atoms with Crippen molar-refractivity contribution in [3.8, 4) is 0 Å². The average molecular weight is 344 g/mol. The van der Waals surface area contributed by atoms with Crippen molar-refractivity contribution in [1.82, 2.24) is 10.2 Å². The van der Waals surface area contributed by atoms with Crippen LogP contribution in [-0.4, -0.2) is 36.2 Å². The highest BCUT2D eigenvalue weighted by Gasteiger charge is 2.34. The third-order valence-corrected chi connectivity index (χ3v) is 4.69. The van der Waals surface area contributed by atoms with Crippen LogP contribution in [0.1, 0.15) is 78.5 Å². The second-order valence-corrected chi connectivity index (χ2v) is 6.56. The van der Waals surface area contributed by atoms with Crippen LogP contribution >= 0.6 is 0 Å². The smallest absolute Gasteiger partial charge is 0.261 e. The second-order valence-electron chi connectivity index (χ2n) is 6.56. The molecule has 5 nitrogen and oxygen atoms in total. The Bertz CT molecular complexity index is 578. The zero-order chi connectivity index (χ0) is 18.1. The summed E-state index contributed by atoms with van der Waals surface area (Å²) >= 11 is 0. The van der Waals surface area contributed by atoms with Gasteiger partial charge in [0, 0.05) is 20.0 Å². The molecule has 1 aliphatic rings. The Hall–Kier alpha value is -2.17. The van der Waals surface area contributed by atoms with Crippen molar-refractivity contribution < 1.29 is 14.4 Å². The monoisotopic (exact) mass is 344 g/mol. The number of benzene rings is 1. The molecular weight excluding hydrogens is 316 g/mol. The fourth-order valence-electron chi connectivity index (χ4n) is 3.18. The van der Waals surface area contributed by atoms with E-state index in [2.05, 4.69) is 5.32 Å². The van der Waals surface area contributed by atoms with Crippen molar-refractivity contribution in [3.63, 3.8) is 0 Å². The lowest BCUT2D eigenvalue weighted by molar-refractivity contribution is -0.120. The van der Waals surface area contributed by atoms with E-state index < -0.39 is 0 Å². The molecule has 0 atom stereocenters. The molecule has 3 amide bonds. The molecule has 5 heteroatoms. The standard InChI is InChI=1S/C20H28N2O3/c1-21-18(23)14-8-6-4-2-3-5-7-11-15-22-19(24)16-12-9-10-13-17(16)20(22)25/h9-10,12-13H,2-8,11,14-15H2,1H3,(H,21,23). The van der Waals surface area contributed by atoms with E-state index in [1.165, 1.54) is 17.7 Å². The minimum Gasteiger partial charge on any atom is -0.359 e. The summed E-state index contributed by atoms with van der Waals surface area (Å²) in [6, 6.07) is 7.03. The van der Waals surface area contributed by atoms with Crippen LogP contribution in [0.4, 0.5) is 0 Å². The topological polar surface area (TPSA) is 66.5 Å². The van der Waals surface area contributed by atoms with Crippen LogP contribution in [0.5, 0.6) is 0 Å². The molecule has 2 rings (SSSR count). The Morgan fingerprint density at radius 1 is 0.840 bits per heavy atom. The van der Waals surface area contributed by atoms with Gasteiger partial charge < -0.3 is 5.32 Å². The van der Waals surface area contributed by atoms with Crippen molar-refractivity contribution in [2.24, 2.45) is 0 Å². The van der Waals surface area contributed by atoms with Gasteiger partial charge in [0.2, 0.25) is 5.91 Å². The molecule has 1 aliphatic heterocycles. The fraction of sp³-hybridized carbons (Fsp3) is 0.550. The van der Waals surface area contributed by atoms with Gasteiger partial charge in [-0.1, -0.05) is 50.7 Å². The van der Waals surface area contributed by atoms with Gasteiger partial charge in [0.25, 0.3) is 11.8 Å². The number of carbonyl (C=O) groups is 3. The maximum atomic E-state index is 12.2. The Balaban J connectivity index is 1.52. The highest BCUT2D eigenvalue weighted by molar-refractivity contribution is 6.21. The van der Waals surface area contributed by atoms with Gasteiger partial charge in [-0.3, -0.25) is 19.3 Å².